The Labute approximate surface area is 126 Å². The molecule has 5 atom stereocenters. The van der Waals surface area contributed by atoms with Gasteiger partial charge in [-0.1, -0.05) is 12.1 Å². The zero-order chi connectivity index (χ0) is 16.3. The summed E-state index contributed by atoms with van der Waals surface area (Å²) in [7, 11) is 0. The van der Waals surface area contributed by atoms with Crippen molar-refractivity contribution in [2.75, 3.05) is 6.54 Å². The molecule has 2 rings (SSSR count). The highest BCUT2D eigenvalue weighted by molar-refractivity contribution is 5.73. The molecule has 0 unspecified atom stereocenters. The fourth-order valence-electron chi connectivity index (χ4n) is 2.18. The molecule has 0 saturated carbocycles. The Morgan fingerprint density at radius 2 is 1.77 bits per heavy atom. The van der Waals surface area contributed by atoms with Crippen molar-refractivity contribution in [3.8, 4) is 5.75 Å². The van der Waals surface area contributed by atoms with E-state index in [4.69, 9.17) is 20.3 Å². The van der Waals surface area contributed by atoms with Crippen molar-refractivity contribution in [3.63, 3.8) is 0 Å². The van der Waals surface area contributed by atoms with Crippen molar-refractivity contribution in [2.24, 2.45) is 5.73 Å². The molecule has 0 bridgehead atoms. The van der Waals surface area contributed by atoms with Gasteiger partial charge >= 0.3 is 5.97 Å². The number of carboxylic acids is 1. The molecule has 22 heavy (non-hydrogen) atoms. The highest BCUT2D eigenvalue weighted by Gasteiger charge is 2.48. The minimum Gasteiger partial charge on any atom is -0.479 e. The SMILES string of the molecule is NCCc1ccc(O[C@@H]2O[C@H](C(=O)O)[C@@H](O)[C@H](O)[C@H]2O)cc1. The van der Waals surface area contributed by atoms with Crippen molar-refractivity contribution in [2.45, 2.75) is 37.1 Å². The van der Waals surface area contributed by atoms with Crippen LogP contribution < -0.4 is 10.5 Å². The van der Waals surface area contributed by atoms with Crippen molar-refractivity contribution >= 4 is 5.97 Å². The predicted octanol–water partition coefficient (Wildman–Crippen LogP) is -1.54. The lowest BCUT2D eigenvalue weighted by Gasteiger charge is -2.38. The lowest BCUT2D eigenvalue weighted by Crippen LogP contribution is -2.61. The molecule has 0 aliphatic carbocycles. The molecule has 8 heteroatoms. The lowest BCUT2D eigenvalue weighted by atomic mass is 9.99. The molecule has 1 heterocycles. The van der Waals surface area contributed by atoms with E-state index >= 15 is 0 Å². The lowest BCUT2D eigenvalue weighted by molar-refractivity contribution is -0.271. The van der Waals surface area contributed by atoms with Gasteiger partial charge in [0.05, 0.1) is 0 Å². The largest absolute Gasteiger partial charge is 0.479 e. The summed E-state index contributed by atoms with van der Waals surface area (Å²) in [5, 5.41) is 38.1. The second-order valence-corrected chi connectivity index (χ2v) is 5.04. The van der Waals surface area contributed by atoms with E-state index in [1.54, 1.807) is 24.3 Å². The normalized spacial score (nSPS) is 31.7. The van der Waals surface area contributed by atoms with Crippen LogP contribution in [0.2, 0.25) is 0 Å². The summed E-state index contributed by atoms with van der Waals surface area (Å²) in [5.74, 6) is -1.12. The Hall–Kier alpha value is -1.71. The molecule has 8 nitrogen and oxygen atoms in total. The van der Waals surface area contributed by atoms with Crippen LogP contribution in [0.25, 0.3) is 0 Å². The molecule has 1 aliphatic rings. The number of carboxylic acid groups (broad SMARTS) is 1. The van der Waals surface area contributed by atoms with Gasteiger partial charge in [-0.05, 0) is 30.7 Å². The van der Waals surface area contributed by atoms with Crippen molar-refractivity contribution in [1.29, 1.82) is 0 Å². The summed E-state index contributed by atoms with van der Waals surface area (Å²) in [6.07, 6.45) is -7.38. The average Bonchev–Trinajstić information content (AvgIpc) is 2.49. The van der Waals surface area contributed by atoms with Gasteiger partial charge in [-0.2, -0.15) is 0 Å². The first kappa shape index (κ1) is 16.7. The fourth-order valence-corrected chi connectivity index (χ4v) is 2.18. The van der Waals surface area contributed by atoms with E-state index in [9.17, 15) is 20.1 Å². The number of ether oxygens (including phenoxy) is 2. The summed E-state index contributed by atoms with van der Waals surface area (Å²) in [6, 6.07) is 6.79. The molecular weight excluding hydrogens is 294 g/mol. The molecular formula is C14H19NO7. The summed E-state index contributed by atoms with van der Waals surface area (Å²) in [5.41, 5.74) is 6.45. The standard InChI is InChI=1S/C14H19NO7/c15-6-5-7-1-3-8(4-2-7)21-14-11(18)9(16)10(17)12(22-14)13(19)20/h1-4,9-12,14,16-18H,5-6,15H2,(H,19,20)/t9-,10-,11+,12-,14+/m0/s1. The quantitative estimate of drug-likeness (QED) is 0.440. The number of hydrogen-bond acceptors (Lipinski definition) is 7. The van der Waals surface area contributed by atoms with Gasteiger partial charge in [0.1, 0.15) is 24.1 Å². The van der Waals surface area contributed by atoms with E-state index in [0.717, 1.165) is 5.56 Å². The molecule has 122 valence electrons. The van der Waals surface area contributed by atoms with E-state index in [2.05, 4.69) is 0 Å². The van der Waals surface area contributed by atoms with Crippen LogP contribution in [-0.2, 0) is 16.0 Å². The zero-order valence-electron chi connectivity index (χ0n) is 11.7. The van der Waals surface area contributed by atoms with Crippen LogP contribution in [0.3, 0.4) is 0 Å². The molecule has 6 N–H and O–H groups in total. The van der Waals surface area contributed by atoms with Gasteiger partial charge in [0.2, 0.25) is 6.29 Å². The molecule has 0 aromatic heterocycles. The zero-order valence-corrected chi connectivity index (χ0v) is 11.7. The van der Waals surface area contributed by atoms with E-state index in [1.165, 1.54) is 0 Å². The van der Waals surface area contributed by atoms with E-state index < -0.39 is 36.7 Å². The Balaban J connectivity index is 2.08. The number of benzene rings is 1. The molecule has 1 saturated heterocycles. The monoisotopic (exact) mass is 313 g/mol. The topological polar surface area (TPSA) is 142 Å². The van der Waals surface area contributed by atoms with Gasteiger partial charge in [-0.25, -0.2) is 4.79 Å². The van der Waals surface area contributed by atoms with E-state index in [1.807, 2.05) is 0 Å². The molecule has 1 aromatic rings. The maximum atomic E-state index is 11.0. The van der Waals surface area contributed by atoms with Crippen LogP contribution in [0.1, 0.15) is 5.56 Å². The Kier molecular flexibility index (Phi) is 5.33. The Bertz CT molecular complexity index is 506. The second-order valence-electron chi connectivity index (χ2n) is 5.04. The van der Waals surface area contributed by atoms with Crippen LogP contribution in [0.15, 0.2) is 24.3 Å². The van der Waals surface area contributed by atoms with Gasteiger partial charge < -0.3 is 35.6 Å². The van der Waals surface area contributed by atoms with Crippen LogP contribution in [0.4, 0.5) is 0 Å². The third kappa shape index (κ3) is 3.54. The van der Waals surface area contributed by atoms with Gasteiger partial charge in [-0.15, -0.1) is 0 Å². The number of nitrogens with two attached hydrogens (primary N) is 1. The summed E-state index contributed by atoms with van der Waals surface area (Å²) in [4.78, 5) is 11.0. The van der Waals surface area contributed by atoms with E-state index in [0.29, 0.717) is 18.7 Å². The molecule has 0 amide bonds. The number of aliphatic hydroxyl groups is 3. The third-order valence-corrected chi connectivity index (χ3v) is 3.42. The Morgan fingerprint density at radius 1 is 1.14 bits per heavy atom. The van der Waals surface area contributed by atoms with Crippen molar-refractivity contribution < 1.29 is 34.7 Å². The van der Waals surface area contributed by atoms with Crippen LogP contribution >= 0.6 is 0 Å². The van der Waals surface area contributed by atoms with Gasteiger partial charge in [0.25, 0.3) is 0 Å². The second kappa shape index (κ2) is 7.03. The van der Waals surface area contributed by atoms with Gasteiger partial charge in [0, 0.05) is 0 Å². The van der Waals surface area contributed by atoms with Crippen molar-refractivity contribution in [1.82, 2.24) is 0 Å². The summed E-state index contributed by atoms with van der Waals surface area (Å²) < 4.78 is 10.4. The number of rotatable bonds is 5. The highest BCUT2D eigenvalue weighted by atomic mass is 16.7. The predicted molar refractivity (Wildman–Crippen MR) is 74.1 cm³/mol. The minimum atomic E-state index is -1.74. The molecule has 1 aliphatic heterocycles. The Morgan fingerprint density at radius 3 is 2.32 bits per heavy atom. The number of carbonyl (C=O) groups is 1. The van der Waals surface area contributed by atoms with Crippen molar-refractivity contribution in [3.05, 3.63) is 29.8 Å². The van der Waals surface area contributed by atoms with E-state index in [-0.39, 0.29) is 0 Å². The third-order valence-electron chi connectivity index (χ3n) is 3.42. The maximum Gasteiger partial charge on any atom is 0.335 e. The summed E-state index contributed by atoms with van der Waals surface area (Å²) in [6.45, 7) is 0.509. The first-order chi connectivity index (χ1) is 10.4. The van der Waals surface area contributed by atoms with Crippen LogP contribution in [0, 0.1) is 0 Å². The molecule has 1 fully saturated rings. The highest BCUT2D eigenvalue weighted by Crippen LogP contribution is 2.24. The molecule has 1 aromatic carbocycles. The van der Waals surface area contributed by atoms with Crippen LogP contribution in [-0.4, -0.2) is 63.6 Å². The number of aliphatic hydroxyl groups excluding tert-OH is 3. The first-order valence-corrected chi connectivity index (χ1v) is 6.82. The first-order valence-electron chi connectivity index (χ1n) is 6.82. The maximum absolute atomic E-state index is 11.0. The minimum absolute atomic E-state index is 0.331. The smallest absolute Gasteiger partial charge is 0.335 e. The number of aliphatic carboxylic acids is 1. The average molecular weight is 313 g/mol. The number of hydrogen-bond donors (Lipinski definition) is 5. The molecule has 0 spiro atoms. The van der Waals surface area contributed by atoms with Crippen LogP contribution in [0.5, 0.6) is 5.75 Å². The van der Waals surface area contributed by atoms with Gasteiger partial charge in [0.15, 0.2) is 6.10 Å². The molecule has 0 radical (unpaired) electrons. The van der Waals surface area contributed by atoms with Gasteiger partial charge in [-0.3, -0.25) is 0 Å². The fraction of sp³-hybridized carbons (Fsp3) is 0.500. The summed E-state index contributed by atoms with van der Waals surface area (Å²) >= 11 is 0.